The molecule has 1 saturated carbocycles. The zero-order valence-electron chi connectivity index (χ0n) is 20.4. The van der Waals surface area contributed by atoms with E-state index in [1.807, 2.05) is 18.2 Å². The number of amides is 3. The monoisotopic (exact) mass is 500 g/mol. The van der Waals surface area contributed by atoms with Crippen LogP contribution < -0.4 is 16.0 Å². The number of rotatable bonds is 9. The van der Waals surface area contributed by atoms with E-state index >= 15 is 0 Å². The summed E-state index contributed by atoms with van der Waals surface area (Å²) in [4.78, 5) is 41.2. The van der Waals surface area contributed by atoms with Crippen LogP contribution in [0.15, 0.2) is 40.5 Å². The van der Waals surface area contributed by atoms with Gasteiger partial charge in [-0.05, 0) is 45.6 Å². The van der Waals surface area contributed by atoms with Crippen LogP contribution >= 0.6 is 12.6 Å². The normalized spacial score (nSPS) is 21.0. The fraction of sp³-hybridized carbons (Fsp3) is 0.560. The minimum absolute atomic E-state index is 0.0562. The average molecular weight is 501 g/mol. The molecule has 35 heavy (non-hydrogen) atoms. The Kier molecular flexibility index (Phi) is 9.85. The molecule has 0 radical (unpaired) electrons. The molecule has 0 spiro atoms. The van der Waals surface area contributed by atoms with Crippen molar-refractivity contribution in [2.45, 2.75) is 70.0 Å². The molecule has 3 atom stereocenters. The first kappa shape index (κ1) is 26.9. The second-order valence-corrected chi connectivity index (χ2v) is 9.70. The number of hydrogen-bond acceptors (Lipinski definition) is 7. The minimum Gasteiger partial charge on any atom is -0.343 e. The van der Waals surface area contributed by atoms with Crippen molar-refractivity contribution in [3.8, 4) is 0 Å². The van der Waals surface area contributed by atoms with Crippen LogP contribution in [0, 0.1) is 11.4 Å². The number of nitrogens with zero attached hydrogens (tertiary/aromatic N) is 2. The number of benzene rings is 1. The Morgan fingerprint density at radius 1 is 1.09 bits per heavy atom. The highest BCUT2D eigenvalue weighted by Gasteiger charge is 2.41. The molecule has 4 N–H and O–H groups in total. The first-order valence-electron chi connectivity index (χ1n) is 12.3. The minimum atomic E-state index is -0.669. The number of carbonyl (C=O) groups is 3. The Labute approximate surface area is 212 Å². The van der Waals surface area contributed by atoms with E-state index in [4.69, 9.17) is 5.53 Å². The molecule has 1 aromatic rings. The molecule has 190 valence electrons. The highest BCUT2D eigenvalue weighted by Crippen LogP contribution is 2.30. The molecule has 1 aliphatic carbocycles. The van der Waals surface area contributed by atoms with Gasteiger partial charge in [-0.3, -0.25) is 14.4 Å². The molecule has 3 rings (SSSR count). The third kappa shape index (κ3) is 6.70. The van der Waals surface area contributed by atoms with Crippen molar-refractivity contribution in [2.75, 3.05) is 13.6 Å². The number of likely N-dealkylation sites (tertiary alicyclic amines) is 1. The van der Waals surface area contributed by atoms with Crippen LogP contribution in [-0.4, -0.2) is 54.3 Å². The van der Waals surface area contributed by atoms with Crippen LogP contribution in [0.4, 0.5) is 0 Å². The summed E-state index contributed by atoms with van der Waals surface area (Å²) >= 11 is 4.40. The third-order valence-corrected chi connectivity index (χ3v) is 7.30. The van der Waals surface area contributed by atoms with Gasteiger partial charge >= 0.3 is 0 Å². The molecule has 3 amide bonds. The largest absolute Gasteiger partial charge is 0.343 e. The Balaban J connectivity index is 1.78. The molecule has 1 aromatic carbocycles. The van der Waals surface area contributed by atoms with Crippen LogP contribution in [0.2, 0.25) is 0 Å². The van der Waals surface area contributed by atoms with Gasteiger partial charge in [-0.1, -0.05) is 49.6 Å². The Hall–Kier alpha value is -2.72. The van der Waals surface area contributed by atoms with Gasteiger partial charge in [-0.25, -0.2) is 5.53 Å². The smallest absolute Gasteiger partial charge is 0.247 e. The maximum Gasteiger partial charge on any atom is 0.247 e. The van der Waals surface area contributed by atoms with Crippen LogP contribution in [0.3, 0.4) is 0 Å². The van der Waals surface area contributed by atoms with E-state index in [1.54, 1.807) is 31.0 Å². The summed E-state index contributed by atoms with van der Waals surface area (Å²) in [6, 6.07) is 7.30. The SMILES string of the molecule is CN[C@@H](C)C(=O)NC(C(=O)N1CCCC1C(=O)N/C(S)=C(/N=N)c1ccccc1)C1CCCCC1. The maximum absolute atomic E-state index is 13.7. The van der Waals surface area contributed by atoms with Gasteiger partial charge in [0.2, 0.25) is 17.7 Å². The summed E-state index contributed by atoms with van der Waals surface area (Å²) in [5, 5.41) is 12.3. The number of likely N-dealkylation sites (N-methyl/N-ethyl adjacent to an activating group) is 1. The average Bonchev–Trinajstić information content (AvgIpc) is 3.38. The van der Waals surface area contributed by atoms with Gasteiger partial charge in [0.1, 0.15) is 22.8 Å². The molecule has 2 unspecified atom stereocenters. The molecular formula is C25H36N6O3S. The lowest BCUT2D eigenvalue weighted by molar-refractivity contribution is -0.143. The van der Waals surface area contributed by atoms with E-state index in [0.29, 0.717) is 24.9 Å². The van der Waals surface area contributed by atoms with E-state index < -0.39 is 18.1 Å². The second kappa shape index (κ2) is 12.8. The van der Waals surface area contributed by atoms with Crippen LogP contribution in [0.25, 0.3) is 5.70 Å². The quantitative estimate of drug-likeness (QED) is 0.264. The fourth-order valence-electron chi connectivity index (χ4n) is 4.85. The zero-order valence-corrected chi connectivity index (χ0v) is 21.3. The summed E-state index contributed by atoms with van der Waals surface area (Å²) in [5.74, 6) is -0.734. The summed E-state index contributed by atoms with van der Waals surface area (Å²) in [6.07, 6.45) is 6.17. The van der Waals surface area contributed by atoms with Crippen molar-refractivity contribution < 1.29 is 14.4 Å². The Morgan fingerprint density at radius 3 is 2.40 bits per heavy atom. The van der Waals surface area contributed by atoms with Crippen LogP contribution in [0.1, 0.15) is 57.4 Å². The van der Waals surface area contributed by atoms with Gasteiger partial charge in [0, 0.05) is 12.1 Å². The van der Waals surface area contributed by atoms with Crippen molar-refractivity contribution in [3.63, 3.8) is 0 Å². The predicted octanol–water partition coefficient (Wildman–Crippen LogP) is 3.05. The van der Waals surface area contributed by atoms with E-state index in [0.717, 1.165) is 32.1 Å². The highest BCUT2D eigenvalue weighted by molar-refractivity contribution is 7.84. The van der Waals surface area contributed by atoms with Crippen LogP contribution in [0.5, 0.6) is 0 Å². The molecule has 1 saturated heterocycles. The van der Waals surface area contributed by atoms with E-state index in [1.165, 1.54) is 0 Å². The molecular weight excluding hydrogens is 464 g/mol. The molecule has 0 bridgehead atoms. The van der Waals surface area contributed by atoms with Gasteiger partial charge in [-0.2, -0.15) is 5.11 Å². The van der Waals surface area contributed by atoms with Crippen molar-refractivity contribution >= 4 is 36.0 Å². The molecule has 1 heterocycles. The lowest BCUT2D eigenvalue weighted by Gasteiger charge is -2.35. The van der Waals surface area contributed by atoms with Crippen LogP contribution in [-0.2, 0) is 14.4 Å². The number of thiol groups is 1. The van der Waals surface area contributed by atoms with Crippen molar-refractivity contribution in [3.05, 3.63) is 40.9 Å². The molecule has 9 nitrogen and oxygen atoms in total. The fourth-order valence-corrected chi connectivity index (χ4v) is 5.14. The number of hydrogen-bond donors (Lipinski definition) is 5. The second-order valence-electron chi connectivity index (χ2n) is 9.25. The Morgan fingerprint density at radius 2 is 1.77 bits per heavy atom. The molecule has 2 fully saturated rings. The van der Waals surface area contributed by atoms with Gasteiger partial charge in [-0.15, -0.1) is 12.6 Å². The lowest BCUT2D eigenvalue weighted by atomic mass is 9.83. The van der Waals surface area contributed by atoms with E-state index in [9.17, 15) is 14.4 Å². The first-order chi connectivity index (χ1) is 16.9. The predicted molar refractivity (Wildman–Crippen MR) is 137 cm³/mol. The molecule has 1 aliphatic heterocycles. The van der Waals surface area contributed by atoms with Crippen molar-refractivity contribution in [2.24, 2.45) is 11.0 Å². The summed E-state index contributed by atoms with van der Waals surface area (Å²) in [5.41, 5.74) is 8.43. The maximum atomic E-state index is 13.7. The van der Waals surface area contributed by atoms with Gasteiger partial charge < -0.3 is 20.9 Å². The van der Waals surface area contributed by atoms with Crippen molar-refractivity contribution in [1.29, 1.82) is 5.53 Å². The first-order valence-corrected chi connectivity index (χ1v) is 12.8. The lowest BCUT2D eigenvalue weighted by Crippen LogP contribution is -2.58. The topological polar surface area (TPSA) is 127 Å². The van der Waals surface area contributed by atoms with Gasteiger partial charge in [0.15, 0.2) is 0 Å². The van der Waals surface area contributed by atoms with E-state index in [2.05, 4.69) is 33.7 Å². The number of carbonyl (C=O) groups excluding carboxylic acids is 3. The summed E-state index contributed by atoms with van der Waals surface area (Å²) < 4.78 is 0. The molecule has 2 aliphatic rings. The standard InChI is InChI=1S/C25H36N6O3S/c1-16(27-2)22(32)28-21(18-12-7-4-8-13-18)25(34)31-15-9-14-19(31)23(33)29-24(35)20(30-26)17-10-5-3-6-11-17/h3,5-6,10-11,16,18-19,21,26-27,35H,4,7-9,12-15H2,1-2H3,(H,28,32)(H,29,33)/b24-20-,30-26?/t16-,19?,21?/m0/s1. The summed E-state index contributed by atoms with van der Waals surface area (Å²) in [7, 11) is 1.71. The number of nitrogens with one attached hydrogen (secondary N) is 4. The van der Waals surface area contributed by atoms with E-state index in [-0.39, 0.29) is 34.4 Å². The van der Waals surface area contributed by atoms with Gasteiger partial charge in [0.05, 0.1) is 6.04 Å². The molecule has 10 heteroatoms. The summed E-state index contributed by atoms with van der Waals surface area (Å²) in [6.45, 7) is 2.21. The Bertz CT molecular complexity index is 948. The van der Waals surface area contributed by atoms with Crippen molar-refractivity contribution in [1.82, 2.24) is 20.9 Å². The highest BCUT2D eigenvalue weighted by atomic mass is 32.1. The molecule has 0 aromatic heterocycles. The third-order valence-electron chi connectivity index (χ3n) is 6.97. The zero-order chi connectivity index (χ0) is 25.4. The van der Waals surface area contributed by atoms with Gasteiger partial charge in [0.25, 0.3) is 0 Å².